The Hall–Kier alpha value is -1.91. The molecule has 0 spiro atoms. The zero-order valence-electron chi connectivity index (χ0n) is 10.7. The van der Waals surface area contributed by atoms with Gasteiger partial charge in [-0.15, -0.1) is 0 Å². The van der Waals surface area contributed by atoms with Gasteiger partial charge in [0.2, 0.25) is 0 Å². The Balaban J connectivity index is 2.61. The number of hydrogen-bond donors (Lipinski definition) is 1. The Morgan fingerprint density at radius 2 is 2.00 bits per heavy atom. The highest BCUT2D eigenvalue weighted by Gasteiger charge is 2.13. The lowest BCUT2D eigenvalue weighted by molar-refractivity contribution is 0.740. The Kier molecular flexibility index (Phi) is 2.83. The molecule has 90 valence electrons. The van der Waals surface area contributed by atoms with Crippen LogP contribution in [0.5, 0.6) is 0 Å². The first-order valence-electron chi connectivity index (χ1n) is 5.66. The molecule has 0 aliphatic carbocycles. The van der Waals surface area contributed by atoms with Crippen molar-refractivity contribution in [1.82, 2.24) is 19.7 Å². The number of rotatable bonds is 2. The SMILES string of the molecule is CCc1nc(-c2cnn(C)c2C)nc(N)c1C. The number of aromatic nitrogens is 4. The van der Waals surface area contributed by atoms with Crippen LogP contribution < -0.4 is 5.73 Å². The van der Waals surface area contributed by atoms with E-state index in [1.165, 1.54) is 0 Å². The lowest BCUT2D eigenvalue weighted by atomic mass is 10.1. The van der Waals surface area contributed by atoms with Crippen molar-refractivity contribution in [2.75, 3.05) is 5.73 Å². The minimum Gasteiger partial charge on any atom is -0.383 e. The van der Waals surface area contributed by atoms with Crippen molar-refractivity contribution in [3.05, 3.63) is 23.1 Å². The summed E-state index contributed by atoms with van der Waals surface area (Å²) >= 11 is 0. The number of nitrogens with two attached hydrogens (primary N) is 1. The smallest absolute Gasteiger partial charge is 0.165 e. The van der Waals surface area contributed by atoms with Crippen molar-refractivity contribution in [3.8, 4) is 11.4 Å². The second-order valence-electron chi connectivity index (χ2n) is 4.12. The fraction of sp³-hybridized carbons (Fsp3) is 0.417. The van der Waals surface area contributed by atoms with Gasteiger partial charge in [0, 0.05) is 24.0 Å². The Bertz CT molecular complexity index is 556. The van der Waals surface area contributed by atoms with E-state index in [-0.39, 0.29) is 0 Å². The van der Waals surface area contributed by atoms with Crippen LogP contribution in [-0.2, 0) is 13.5 Å². The summed E-state index contributed by atoms with van der Waals surface area (Å²) in [6.45, 7) is 6.01. The third kappa shape index (κ3) is 1.88. The molecule has 2 aromatic heterocycles. The number of nitrogen functional groups attached to an aromatic ring is 1. The molecule has 2 N–H and O–H groups in total. The van der Waals surface area contributed by atoms with Crippen molar-refractivity contribution in [2.45, 2.75) is 27.2 Å². The minimum absolute atomic E-state index is 0.551. The van der Waals surface area contributed by atoms with Crippen molar-refractivity contribution >= 4 is 5.82 Å². The van der Waals surface area contributed by atoms with Crippen LogP contribution in [0, 0.1) is 13.8 Å². The standard InChI is InChI=1S/C12H17N5/c1-5-10-7(2)11(13)16-12(15-10)9-6-14-17(4)8(9)3/h6H,5H2,1-4H3,(H2,13,15,16). The first kappa shape index (κ1) is 11.6. The molecular weight excluding hydrogens is 214 g/mol. The lowest BCUT2D eigenvalue weighted by Gasteiger charge is -2.08. The lowest BCUT2D eigenvalue weighted by Crippen LogP contribution is -2.04. The van der Waals surface area contributed by atoms with Gasteiger partial charge in [0.05, 0.1) is 11.8 Å². The maximum absolute atomic E-state index is 5.91. The van der Waals surface area contributed by atoms with Gasteiger partial charge in [-0.3, -0.25) is 4.68 Å². The summed E-state index contributed by atoms with van der Waals surface area (Å²) < 4.78 is 1.81. The molecule has 5 nitrogen and oxygen atoms in total. The molecule has 0 saturated carbocycles. The van der Waals surface area contributed by atoms with Gasteiger partial charge in [-0.2, -0.15) is 5.10 Å². The number of anilines is 1. The van der Waals surface area contributed by atoms with E-state index in [1.807, 2.05) is 20.9 Å². The van der Waals surface area contributed by atoms with Gasteiger partial charge in [0.25, 0.3) is 0 Å². The largest absolute Gasteiger partial charge is 0.383 e. The highest BCUT2D eigenvalue weighted by atomic mass is 15.3. The highest BCUT2D eigenvalue weighted by molar-refractivity contribution is 5.60. The van der Waals surface area contributed by atoms with Gasteiger partial charge in [-0.05, 0) is 20.3 Å². The average molecular weight is 231 g/mol. The zero-order chi connectivity index (χ0) is 12.6. The summed E-state index contributed by atoms with van der Waals surface area (Å²) in [6.07, 6.45) is 2.63. The molecule has 0 fully saturated rings. The van der Waals surface area contributed by atoms with E-state index in [4.69, 9.17) is 5.73 Å². The summed E-state index contributed by atoms with van der Waals surface area (Å²) in [6, 6.07) is 0. The Morgan fingerprint density at radius 1 is 1.29 bits per heavy atom. The number of aryl methyl sites for hydroxylation is 2. The van der Waals surface area contributed by atoms with Crippen LogP contribution in [0.4, 0.5) is 5.82 Å². The average Bonchev–Trinajstić information content (AvgIpc) is 2.64. The van der Waals surface area contributed by atoms with Crippen molar-refractivity contribution in [1.29, 1.82) is 0 Å². The molecule has 0 aliphatic rings. The molecule has 0 saturated heterocycles. The molecule has 2 rings (SSSR count). The summed E-state index contributed by atoms with van der Waals surface area (Å²) in [5, 5.41) is 4.20. The van der Waals surface area contributed by atoms with Gasteiger partial charge in [0.15, 0.2) is 5.82 Å². The van der Waals surface area contributed by atoms with E-state index < -0.39 is 0 Å². The third-order valence-corrected chi connectivity index (χ3v) is 3.10. The number of hydrogen-bond acceptors (Lipinski definition) is 4. The number of nitrogens with zero attached hydrogens (tertiary/aromatic N) is 4. The normalized spacial score (nSPS) is 10.8. The fourth-order valence-corrected chi connectivity index (χ4v) is 1.77. The molecule has 0 unspecified atom stereocenters. The summed E-state index contributed by atoms with van der Waals surface area (Å²) in [4.78, 5) is 8.89. The van der Waals surface area contributed by atoms with Crippen molar-refractivity contribution in [2.24, 2.45) is 7.05 Å². The van der Waals surface area contributed by atoms with Gasteiger partial charge in [-0.25, -0.2) is 9.97 Å². The molecular formula is C12H17N5. The molecule has 0 atom stereocenters. The Morgan fingerprint density at radius 3 is 2.53 bits per heavy atom. The molecule has 0 radical (unpaired) electrons. The van der Waals surface area contributed by atoms with Gasteiger partial charge in [-0.1, -0.05) is 6.92 Å². The second kappa shape index (κ2) is 4.16. The zero-order valence-corrected chi connectivity index (χ0v) is 10.7. The molecule has 0 amide bonds. The second-order valence-corrected chi connectivity index (χ2v) is 4.12. The third-order valence-electron chi connectivity index (χ3n) is 3.10. The Labute approximate surface area is 101 Å². The minimum atomic E-state index is 0.551. The fourth-order valence-electron chi connectivity index (χ4n) is 1.77. The quantitative estimate of drug-likeness (QED) is 0.853. The van der Waals surface area contributed by atoms with Crippen LogP contribution in [0.3, 0.4) is 0 Å². The molecule has 17 heavy (non-hydrogen) atoms. The first-order valence-corrected chi connectivity index (χ1v) is 5.66. The molecule has 5 heteroatoms. The van der Waals surface area contributed by atoms with E-state index in [0.717, 1.165) is 28.9 Å². The van der Waals surface area contributed by atoms with Crippen LogP contribution in [-0.4, -0.2) is 19.7 Å². The predicted molar refractivity (Wildman–Crippen MR) is 67.5 cm³/mol. The topological polar surface area (TPSA) is 69.6 Å². The maximum Gasteiger partial charge on any atom is 0.165 e. The maximum atomic E-state index is 5.91. The highest BCUT2D eigenvalue weighted by Crippen LogP contribution is 2.22. The van der Waals surface area contributed by atoms with Crippen LogP contribution in [0.1, 0.15) is 23.9 Å². The van der Waals surface area contributed by atoms with Crippen LogP contribution in [0.15, 0.2) is 6.20 Å². The van der Waals surface area contributed by atoms with Crippen LogP contribution in [0.25, 0.3) is 11.4 Å². The first-order chi connectivity index (χ1) is 8.04. The molecule has 0 bridgehead atoms. The molecule has 0 aromatic carbocycles. The van der Waals surface area contributed by atoms with E-state index in [1.54, 1.807) is 10.9 Å². The predicted octanol–water partition coefficient (Wildman–Crippen LogP) is 1.64. The van der Waals surface area contributed by atoms with Crippen molar-refractivity contribution < 1.29 is 0 Å². The van der Waals surface area contributed by atoms with E-state index >= 15 is 0 Å². The van der Waals surface area contributed by atoms with Gasteiger partial charge >= 0.3 is 0 Å². The molecule has 0 aliphatic heterocycles. The van der Waals surface area contributed by atoms with Gasteiger partial charge < -0.3 is 5.73 Å². The summed E-state index contributed by atoms with van der Waals surface area (Å²) in [5.41, 5.74) is 9.86. The molecule has 2 aromatic rings. The van der Waals surface area contributed by atoms with E-state index in [2.05, 4.69) is 22.0 Å². The van der Waals surface area contributed by atoms with E-state index in [0.29, 0.717) is 11.6 Å². The van der Waals surface area contributed by atoms with Crippen LogP contribution in [0.2, 0.25) is 0 Å². The monoisotopic (exact) mass is 231 g/mol. The van der Waals surface area contributed by atoms with E-state index in [9.17, 15) is 0 Å². The molecule has 2 heterocycles. The summed E-state index contributed by atoms with van der Waals surface area (Å²) in [5.74, 6) is 1.21. The van der Waals surface area contributed by atoms with Crippen LogP contribution >= 0.6 is 0 Å². The summed E-state index contributed by atoms with van der Waals surface area (Å²) in [7, 11) is 1.90. The van der Waals surface area contributed by atoms with Crippen molar-refractivity contribution in [3.63, 3.8) is 0 Å². The van der Waals surface area contributed by atoms with Gasteiger partial charge in [0.1, 0.15) is 5.82 Å².